The maximum atomic E-state index is 6.34. The number of para-hydroxylation sites is 1. The lowest BCUT2D eigenvalue weighted by Crippen LogP contribution is -2.18. The first-order valence-corrected chi connectivity index (χ1v) is 6.63. The van der Waals surface area contributed by atoms with Crippen molar-refractivity contribution in [1.29, 1.82) is 0 Å². The zero-order valence-corrected chi connectivity index (χ0v) is 11.4. The van der Waals surface area contributed by atoms with E-state index in [0.29, 0.717) is 6.61 Å². The van der Waals surface area contributed by atoms with Gasteiger partial charge < -0.3 is 10.5 Å². The lowest BCUT2D eigenvalue weighted by Gasteiger charge is -2.17. The first-order valence-electron chi connectivity index (χ1n) is 6.63. The fourth-order valence-corrected chi connectivity index (χ4v) is 2.08. The largest absolute Gasteiger partial charge is 0.494 e. The molecule has 0 spiro atoms. The monoisotopic (exact) mass is 260 g/mol. The first-order chi connectivity index (χ1) is 9.27. The fourth-order valence-electron chi connectivity index (χ4n) is 2.08. The number of hydrogen-bond donors (Lipinski definition) is 1. The standard InChI is InChI=1S/C14H20N4O/c1-3-9-18-12(10-16-17-18)14(15)11-7-5-6-8-13(11)19-4-2/h5-8,10,14H,3-4,9,15H2,1-2H3. The van der Waals surface area contributed by atoms with Crippen molar-refractivity contribution in [2.45, 2.75) is 32.9 Å². The van der Waals surface area contributed by atoms with Gasteiger partial charge in [0.2, 0.25) is 0 Å². The third-order valence-electron chi connectivity index (χ3n) is 2.96. The molecule has 0 aliphatic heterocycles. The first kappa shape index (κ1) is 13.5. The molecule has 2 N–H and O–H groups in total. The van der Waals surface area contributed by atoms with E-state index in [1.54, 1.807) is 6.20 Å². The summed E-state index contributed by atoms with van der Waals surface area (Å²) < 4.78 is 7.48. The van der Waals surface area contributed by atoms with E-state index in [4.69, 9.17) is 10.5 Å². The van der Waals surface area contributed by atoms with Crippen molar-refractivity contribution < 1.29 is 4.74 Å². The number of nitrogens with two attached hydrogens (primary N) is 1. The predicted molar refractivity (Wildman–Crippen MR) is 74.0 cm³/mol. The summed E-state index contributed by atoms with van der Waals surface area (Å²) >= 11 is 0. The summed E-state index contributed by atoms with van der Waals surface area (Å²) in [6.45, 7) is 5.51. The minimum atomic E-state index is -0.274. The lowest BCUT2D eigenvalue weighted by molar-refractivity contribution is 0.335. The molecule has 0 aliphatic rings. The number of ether oxygens (including phenoxy) is 1. The summed E-state index contributed by atoms with van der Waals surface area (Å²) in [6, 6.07) is 7.56. The topological polar surface area (TPSA) is 66.0 Å². The van der Waals surface area contributed by atoms with E-state index in [-0.39, 0.29) is 6.04 Å². The van der Waals surface area contributed by atoms with Gasteiger partial charge in [-0.25, -0.2) is 4.68 Å². The van der Waals surface area contributed by atoms with Crippen LogP contribution in [0.1, 0.15) is 37.6 Å². The van der Waals surface area contributed by atoms with E-state index < -0.39 is 0 Å². The molecule has 0 saturated heterocycles. The minimum Gasteiger partial charge on any atom is -0.494 e. The molecule has 19 heavy (non-hydrogen) atoms. The van der Waals surface area contributed by atoms with Gasteiger partial charge >= 0.3 is 0 Å². The Labute approximate surface area is 113 Å². The van der Waals surface area contributed by atoms with Crippen LogP contribution in [0.25, 0.3) is 0 Å². The molecule has 1 aromatic heterocycles. The normalized spacial score (nSPS) is 12.4. The van der Waals surface area contributed by atoms with Crippen LogP contribution in [0.2, 0.25) is 0 Å². The van der Waals surface area contributed by atoms with E-state index >= 15 is 0 Å². The zero-order valence-electron chi connectivity index (χ0n) is 11.4. The lowest BCUT2D eigenvalue weighted by atomic mass is 10.0. The predicted octanol–water partition coefficient (Wildman–Crippen LogP) is 2.13. The summed E-state index contributed by atoms with van der Waals surface area (Å²) in [4.78, 5) is 0. The molecule has 0 bridgehead atoms. The van der Waals surface area contributed by atoms with Gasteiger partial charge in [0.05, 0.1) is 24.5 Å². The second-order valence-corrected chi connectivity index (χ2v) is 4.33. The van der Waals surface area contributed by atoms with Gasteiger partial charge in [-0.15, -0.1) is 5.10 Å². The van der Waals surface area contributed by atoms with Crippen LogP contribution < -0.4 is 10.5 Å². The molecule has 5 heteroatoms. The number of aromatic nitrogens is 3. The molecule has 1 atom stereocenters. The summed E-state index contributed by atoms with van der Waals surface area (Å²) in [7, 11) is 0. The van der Waals surface area contributed by atoms with Gasteiger partial charge in [-0.2, -0.15) is 0 Å². The van der Waals surface area contributed by atoms with Gasteiger partial charge in [0, 0.05) is 12.1 Å². The molecular formula is C14H20N4O. The maximum absolute atomic E-state index is 6.34. The molecule has 5 nitrogen and oxygen atoms in total. The van der Waals surface area contributed by atoms with Crippen LogP contribution in [0.3, 0.4) is 0 Å². The Kier molecular flexibility index (Phi) is 4.52. The highest BCUT2D eigenvalue weighted by Crippen LogP contribution is 2.27. The molecule has 2 aromatic rings. The van der Waals surface area contributed by atoms with Crippen LogP contribution >= 0.6 is 0 Å². The third-order valence-corrected chi connectivity index (χ3v) is 2.96. The molecule has 1 unspecified atom stereocenters. The average molecular weight is 260 g/mol. The molecule has 0 saturated carbocycles. The number of benzene rings is 1. The summed E-state index contributed by atoms with van der Waals surface area (Å²) in [5, 5.41) is 8.03. The molecule has 0 amide bonds. The molecule has 0 aliphatic carbocycles. The minimum absolute atomic E-state index is 0.274. The van der Waals surface area contributed by atoms with E-state index in [1.165, 1.54) is 0 Å². The summed E-state index contributed by atoms with van der Waals surface area (Å²) in [6.07, 6.45) is 2.72. The van der Waals surface area contributed by atoms with Crippen molar-refractivity contribution in [3.8, 4) is 5.75 Å². The Morgan fingerprint density at radius 3 is 2.84 bits per heavy atom. The highest BCUT2D eigenvalue weighted by Gasteiger charge is 2.18. The van der Waals surface area contributed by atoms with Gasteiger partial charge in [0.15, 0.2) is 0 Å². The Morgan fingerprint density at radius 1 is 1.32 bits per heavy atom. The fraction of sp³-hybridized carbons (Fsp3) is 0.429. The number of nitrogens with zero attached hydrogens (tertiary/aromatic N) is 3. The van der Waals surface area contributed by atoms with E-state index in [9.17, 15) is 0 Å². The van der Waals surface area contributed by atoms with Gasteiger partial charge in [-0.05, 0) is 19.4 Å². The molecule has 2 rings (SSSR count). The van der Waals surface area contributed by atoms with Gasteiger partial charge in [0.1, 0.15) is 5.75 Å². The second-order valence-electron chi connectivity index (χ2n) is 4.33. The van der Waals surface area contributed by atoms with E-state index in [0.717, 1.165) is 30.0 Å². The Bertz CT molecular complexity index is 524. The van der Waals surface area contributed by atoms with Crippen molar-refractivity contribution in [3.63, 3.8) is 0 Å². The van der Waals surface area contributed by atoms with Crippen LogP contribution in [0.4, 0.5) is 0 Å². The van der Waals surface area contributed by atoms with Crippen molar-refractivity contribution in [3.05, 3.63) is 41.7 Å². The Morgan fingerprint density at radius 2 is 2.11 bits per heavy atom. The van der Waals surface area contributed by atoms with Crippen LogP contribution in [0.15, 0.2) is 30.5 Å². The highest BCUT2D eigenvalue weighted by molar-refractivity contribution is 5.39. The average Bonchev–Trinajstić information content (AvgIpc) is 2.88. The van der Waals surface area contributed by atoms with Crippen molar-refractivity contribution in [2.75, 3.05) is 6.61 Å². The van der Waals surface area contributed by atoms with Crippen molar-refractivity contribution >= 4 is 0 Å². The Hall–Kier alpha value is -1.88. The van der Waals surface area contributed by atoms with Crippen LogP contribution in [0.5, 0.6) is 5.75 Å². The van der Waals surface area contributed by atoms with Gasteiger partial charge in [-0.1, -0.05) is 30.3 Å². The summed E-state index contributed by atoms with van der Waals surface area (Å²) in [5.41, 5.74) is 8.22. The number of hydrogen-bond acceptors (Lipinski definition) is 4. The maximum Gasteiger partial charge on any atom is 0.124 e. The van der Waals surface area contributed by atoms with Gasteiger partial charge in [0.25, 0.3) is 0 Å². The molecule has 1 heterocycles. The molecule has 0 fully saturated rings. The van der Waals surface area contributed by atoms with Crippen LogP contribution in [0, 0.1) is 0 Å². The molecular weight excluding hydrogens is 240 g/mol. The van der Waals surface area contributed by atoms with Crippen LogP contribution in [-0.2, 0) is 6.54 Å². The summed E-state index contributed by atoms with van der Waals surface area (Å²) in [5.74, 6) is 0.821. The smallest absolute Gasteiger partial charge is 0.124 e. The number of aryl methyl sites for hydroxylation is 1. The van der Waals surface area contributed by atoms with E-state index in [1.807, 2.05) is 35.9 Å². The van der Waals surface area contributed by atoms with Crippen LogP contribution in [-0.4, -0.2) is 21.6 Å². The Balaban J connectivity index is 2.32. The molecule has 0 radical (unpaired) electrons. The third kappa shape index (κ3) is 2.93. The van der Waals surface area contributed by atoms with Crippen molar-refractivity contribution in [2.24, 2.45) is 5.73 Å². The quantitative estimate of drug-likeness (QED) is 0.864. The SMILES string of the molecule is CCCn1nncc1C(N)c1ccccc1OCC. The number of rotatable bonds is 6. The highest BCUT2D eigenvalue weighted by atomic mass is 16.5. The van der Waals surface area contributed by atoms with E-state index in [2.05, 4.69) is 17.2 Å². The zero-order chi connectivity index (χ0) is 13.7. The second kappa shape index (κ2) is 6.33. The molecule has 102 valence electrons. The molecule has 1 aromatic carbocycles. The van der Waals surface area contributed by atoms with Gasteiger partial charge in [-0.3, -0.25) is 0 Å². The van der Waals surface area contributed by atoms with Crippen molar-refractivity contribution in [1.82, 2.24) is 15.0 Å².